The van der Waals surface area contributed by atoms with Crippen LogP contribution >= 0.6 is 34.2 Å². The molecule has 3 aromatic heterocycles. The summed E-state index contributed by atoms with van der Waals surface area (Å²) in [5.41, 5.74) is 2.79. The van der Waals surface area contributed by atoms with Crippen molar-refractivity contribution in [1.29, 1.82) is 0 Å². The number of halogens is 2. The quantitative estimate of drug-likeness (QED) is 0.469. The molecule has 0 unspecified atom stereocenters. The summed E-state index contributed by atoms with van der Waals surface area (Å²) in [6.45, 7) is 0.894. The van der Waals surface area contributed by atoms with E-state index in [9.17, 15) is 4.79 Å². The smallest absolute Gasteiger partial charge is 0.292 e. The first kappa shape index (κ1) is 15.4. The molecule has 1 fully saturated rings. The number of hydrogen-bond acceptors (Lipinski definition) is 3. The second-order valence-corrected chi connectivity index (χ2v) is 7.98. The molecule has 0 atom stereocenters. The number of aromatic nitrogens is 5. The minimum atomic E-state index is -0.302. The van der Waals surface area contributed by atoms with Crippen molar-refractivity contribution in [3.05, 3.63) is 49.5 Å². The lowest BCUT2D eigenvalue weighted by atomic mass is 10.2. The molecule has 126 valence electrons. The highest BCUT2D eigenvalue weighted by molar-refractivity contribution is 14.1. The molecule has 1 aliphatic carbocycles. The van der Waals surface area contributed by atoms with Crippen molar-refractivity contribution in [2.24, 2.45) is 5.92 Å². The maximum absolute atomic E-state index is 12.8. The highest BCUT2D eigenvalue weighted by Gasteiger charge is 2.25. The van der Waals surface area contributed by atoms with Crippen molar-refractivity contribution >= 4 is 56.1 Å². The third-order valence-electron chi connectivity index (χ3n) is 4.62. The first-order valence-electron chi connectivity index (χ1n) is 8.02. The van der Waals surface area contributed by atoms with Crippen molar-refractivity contribution in [2.75, 3.05) is 0 Å². The minimum Gasteiger partial charge on any atom is -0.343 e. The normalized spacial score (nSPS) is 14.6. The van der Waals surface area contributed by atoms with Crippen LogP contribution in [-0.2, 0) is 6.54 Å². The maximum Gasteiger partial charge on any atom is 0.292 e. The third kappa shape index (κ3) is 2.48. The van der Waals surface area contributed by atoms with Gasteiger partial charge in [0.1, 0.15) is 10.5 Å². The first-order chi connectivity index (χ1) is 12.1. The maximum atomic E-state index is 12.8. The molecule has 1 N–H and O–H groups in total. The van der Waals surface area contributed by atoms with E-state index in [0.29, 0.717) is 11.6 Å². The summed E-state index contributed by atoms with van der Waals surface area (Å²) < 4.78 is 4.45. The lowest BCUT2D eigenvalue weighted by Crippen LogP contribution is -2.22. The number of aromatic amines is 1. The zero-order valence-corrected chi connectivity index (χ0v) is 16.0. The van der Waals surface area contributed by atoms with Crippen LogP contribution in [0, 0.1) is 9.49 Å². The van der Waals surface area contributed by atoms with Gasteiger partial charge in [0, 0.05) is 18.1 Å². The Morgan fingerprint density at radius 1 is 1.36 bits per heavy atom. The summed E-state index contributed by atoms with van der Waals surface area (Å²) in [5, 5.41) is 12.7. The molecular formula is C17H13ClIN5O. The van der Waals surface area contributed by atoms with Crippen LogP contribution < -0.4 is 5.56 Å². The molecule has 0 amide bonds. The van der Waals surface area contributed by atoms with Gasteiger partial charge < -0.3 is 4.57 Å². The molecule has 8 heteroatoms. The molecule has 5 rings (SSSR count). The van der Waals surface area contributed by atoms with Crippen LogP contribution in [-0.4, -0.2) is 24.5 Å². The number of benzene rings is 1. The van der Waals surface area contributed by atoms with Gasteiger partial charge in [0.25, 0.3) is 5.56 Å². The number of rotatable bonds is 3. The molecule has 3 heterocycles. The summed E-state index contributed by atoms with van der Waals surface area (Å²) in [6, 6.07) is 5.60. The van der Waals surface area contributed by atoms with E-state index in [2.05, 4.69) is 42.5 Å². The van der Waals surface area contributed by atoms with Crippen LogP contribution in [0.25, 0.3) is 27.6 Å². The fraction of sp³-hybridized carbons (Fsp3) is 0.235. The van der Waals surface area contributed by atoms with E-state index in [4.69, 9.17) is 11.6 Å². The Morgan fingerprint density at radius 2 is 2.20 bits per heavy atom. The Kier molecular flexibility index (Phi) is 3.43. The summed E-state index contributed by atoms with van der Waals surface area (Å²) in [6.07, 6.45) is 6.23. The molecule has 1 aromatic carbocycles. The van der Waals surface area contributed by atoms with Gasteiger partial charge in [-0.3, -0.25) is 9.89 Å². The molecule has 6 nitrogen and oxygen atoms in total. The van der Waals surface area contributed by atoms with Crippen molar-refractivity contribution in [2.45, 2.75) is 19.4 Å². The zero-order valence-electron chi connectivity index (χ0n) is 13.0. The van der Waals surface area contributed by atoms with E-state index in [0.717, 1.165) is 32.1 Å². The monoisotopic (exact) mass is 465 g/mol. The molecule has 1 aliphatic rings. The van der Waals surface area contributed by atoms with E-state index in [1.165, 1.54) is 17.5 Å². The van der Waals surface area contributed by atoms with Crippen molar-refractivity contribution in [3.8, 4) is 5.69 Å². The van der Waals surface area contributed by atoms with Gasteiger partial charge in [-0.05, 0) is 59.5 Å². The largest absolute Gasteiger partial charge is 0.343 e. The fourth-order valence-corrected chi connectivity index (χ4v) is 4.11. The molecule has 1 saturated carbocycles. The van der Waals surface area contributed by atoms with Crippen molar-refractivity contribution in [1.82, 2.24) is 24.5 Å². The molecule has 0 aliphatic heterocycles. The predicted octanol–water partition coefficient (Wildman–Crippen LogP) is 3.73. The number of H-pyrrole nitrogens is 1. The lowest BCUT2D eigenvalue weighted by molar-refractivity contribution is 0.645. The van der Waals surface area contributed by atoms with Crippen LogP contribution in [0.3, 0.4) is 0 Å². The second-order valence-electron chi connectivity index (χ2n) is 6.44. The summed E-state index contributed by atoms with van der Waals surface area (Å²) in [5.74, 6) is 0.688. The Hall–Kier alpha value is -1.87. The third-order valence-corrected chi connectivity index (χ3v) is 5.75. The molecular weight excluding hydrogens is 453 g/mol. The van der Waals surface area contributed by atoms with Crippen LogP contribution in [0.4, 0.5) is 0 Å². The fourth-order valence-electron chi connectivity index (χ4n) is 3.14. The Balaban J connectivity index is 1.74. The van der Waals surface area contributed by atoms with Gasteiger partial charge in [0.05, 0.1) is 26.5 Å². The molecule has 25 heavy (non-hydrogen) atoms. The van der Waals surface area contributed by atoms with Gasteiger partial charge in [-0.1, -0.05) is 11.6 Å². The van der Waals surface area contributed by atoms with Gasteiger partial charge in [0.15, 0.2) is 0 Å². The molecule has 0 saturated heterocycles. The van der Waals surface area contributed by atoms with E-state index >= 15 is 0 Å². The zero-order chi connectivity index (χ0) is 17.1. The SMILES string of the molecule is O=c1c(Cl)c2c(nn1-c1ccc3[nH]ncc3c1)c(I)cn2CC1CC1. The van der Waals surface area contributed by atoms with Gasteiger partial charge in [-0.25, -0.2) is 0 Å². The van der Waals surface area contributed by atoms with E-state index < -0.39 is 0 Å². The van der Waals surface area contributed by atoms with E-state index in [1.54, 1.807) is 6.20 Å². The molecule has 0 bridgehead atoms. The Labute approximate surface area is 160 Å². The van der Waals surface area contributed by atoms with Crippen molar-refractivity contribution < 1.29 is 0 Å². The summed E-state index contributed by atoms with van der Waals surface area (Å²) in [4.78, 5) is 12.8. The number of fused-ring (bicyclic) bond motifs is 2. The Bertz CT molecular complexity index is 1190. The average Bonchev–Trinajstić information content (AvgIpc) is 3.19. The second kappa shape index (κ2) is 5.57. The highest BCUT2D eigenvalue weighted by Crippen LogP contribution is 2.34. The van der Waals surface area contributed by atoms with Crippen LogP contribution in [0.5, 0.6) is 0 Å². The Morgan fingerprint density at radius 3 is 3.00 bits per heavy atom. The highest BCUT2D eigenvalue weighted by atomic mass is 127. The lowest BCUT2D eigenvalue weighted by Gasteiger charge is -2.09. The minimum absolute atomic E-state index is 0.223. The van der Waals surface area contributed by atoms with Gasteiger partial charge in [-0.2, -0.15) is 14.9 Å². The summed E-state index contributed by atoms with van der Waals surface area (Å²) in [7, 11) is 0. The van der Waals surface area contributed by atoms with Crippen LogP contribution in [0.1, 0.15) is 12.8 Å². The number of nitrogens with zero attached hydrogens (tertiary/aromatic N) is 4. The van der Waals surface area contributed by atoms with E-state index in [-0.39, 0.29) is 10.6 Å². The standard InChI is InChI=1S/C17H13ClIN5O/c18-14-16-15(12(19)8-23(16)7-9-1-2-9)22-24(17(14)25)11-3-4-13-10(5-11)6-20-21-13/h3-6,8-9H,1-2,7H2,(H,20,21). The van der Waals surface area contributed by atoms with Crippen molar-refractivity contribution in [3.63, 3.8) is 0 Å². The summed E-state index contributed by atoms with van der Waals surface area (Å²) >= 11 is 8.74. The topological polar surface area (TPSA) is 68.5 Å². The average molecular weight is 466 g/mol. The molecule has 0 radical (unpaired) electrons. The molecule has 0 spiro atoms. The van der Waals surface area contributed by atoms with Gasteiger partial charge in [0.2, 0.25) is 0 Å². The number of nitrogens with one attached hydrogen (secondary N) is 1. The first-order valence-corrected chi connectivity index (χ1v) is 9.48. The van der Waals surface area contributed by atoms with Gasteiger partial charge in [-0.15, -0.1) is 0 Å². The number of hydrogen-bond donors (Lipinski definition) is 1. The molecule has 4 aromatic rings. The van der Waals surface area contributed by atoms with Crippen LogP contribution in [0.2, 0.25) is 5.02 Å². The van der Waals surface area contributed by atoms with E-state index in [1.807, 2.05) is 24.4 Å². The van der Waals surface area contributed by atoms with Crippen LogP contribution in [0.15, 0.2) is 35.4 Å². The van der Waals surface area contributed by atoms with Gasteiger partial charge >= 0.3 is 0 Å². The predicted molar refractivity (Wildman–Crippen MR) is 105 cm³/mol.